The average molecular weight is 327 g/mol. The number of hydrogen-bond donors (Lipinski definition) is 4. The second-order valence-corrected chi connectivity index (χ2v) is 4.79. The number of rotatable bonds is 5. The zero-order valence-electron chi connectivity index (χ0n) is 13.7. The van der Waals surface area contributed by atoms with Crippen molar-refractivity contribution in [2.45, 2.75) is 6.54 Å². The van der Waals surface area contributed by atoms with Crippen molar-refractivity contribution in [2.24, 2.45) is 5.73 Å². The summed E-state index contributed by atoms with van der Waals surface area (Å²) in [5, 5.41) is 9.69. The maximum atomic E-state index is 11.6. The number of H-pyrrole nitrogens is 1. The highest BCUT2D eigenvalue weighted by molar-refractivity contribution is 5.94. The standard InChI is InChI=1S/C16H16N4O2.CH5N/c1-17-16(21)13-7-12(9-19-13)15-14(10-20-22-15)18-8-11-5-3-2-4-6-11;1-2/h2-7,9-10,18-19H,8H2,1H3,(H,17,21);2H2,1H3. The number of aromatic nitrogens is 2. The summed E-state index contributed by atoms with van der Waals surface area (Å²) in [6, 6.07) is 11.8. The van der Waals surface area contributed by atoms with Gasteiger partial charge >= 0.3 is 0 Å². The van der Waals surface area contributed by atoms with E-state index < -0.39 is 0 Å². The molecule has 1 aromatic carbocycles. The van der Waals surface area contributed by atoms with Gasteiger partial charge in [0.05, 0.1) is 6.20 Å². The predicted molar refractivity (Wildman–Crippen MR) is 93.6 cm³/mol. The molecule has 7 nitrogen and oxygen atoms in total. The Bertz CT molecular complexity index is 764. The maximum absolute atomic E-state index is 11.6. The van der Waals surface area contributed by atoms with E-state index in [2.05, 4.69) is 26.5 Å². The molecule has 0 aliphatic carbocycles. The molecule has 0 saturated carbocycles. The Morgan fingerprint density at radius 3 is 2.75 bits per heavy atom. The van der Waals surface area contributed by atoms with Crippen LogP contribution in [0.25, 0.3) is 11.3 Å². The largest absolute Gasteiger partial charge is 0.376 e. The predicted octanol–water partition coefficient (Wildman–Crippen LogP) is 2.22. The fourth-order valence-corrected chi connectivity index (χ4v) is 2.16. The number of nitrogens with one attached hydrogen (secondary N) is 3. The number of carbonyl (C=O) groups excluding carboxylic acids is 1. The van der Waals surface area contributed by atoms with Crippen LogP contribution in [0.2, 0.25) is 0 Å². The second-order valence-electron chi connectivity index (χ2n) is 4.79. The highest BCUT2D eigenvalue weighted by Gasteiger charge is 2.14. The molecule has 0 atom stereocenters. The first kappa shape index (κ1) is 17.3. The lowest BCUT2D eigenvalue weighted by atomic mass is 10.2. The van der Waals surface area contributed by atoms with E-state index in [0.29, 0.717) is 18.0 Å². The zero-order valence-corrected chi connectivity index (χ0v) is 13.7. The molecule has 7 heteroatoms. The van der Waals surface area contributed by atoms with Crippen LogP contribution in [0.1, 0.15) is 16.1 Å². The van der Waals surface area contributed by atoms with Crippen molar-refractivity contribution >= 4 is 11.6 Å². The number of hydrogen-bond acceptors (Lipinski definition) is 5. The fourth-order valence-electron chi connectivity index (χ4n) is 2.16. The second kappa shape index (κ2) is 8.54. The van der Waals surface area contributed by atoms with E-state index in [4.69, 9.17) is 4.52 Å². The molecule has 0 saturated heterocycles. The SMILES string of the molecule is CN.CNC(=O)c1cc(-c2oncc2NCc2ccccc2)c[nH]1. The summed E-state index contributed by atoms with van der Waals surface area (Å²) in [6.45, 7) is 0.668. The van der Waals surface area contributed by atoms with Gasteiger partial charge in [-0.25, -0.2) is 0 Å². The number of nitrogens with zero attached hydrogens (tertiary/aromatic N) is 1. The smallest absolute Gasteiger partial charge is 0.267 e. The van der Waals surface area contributed by atoms with Crippen LogP contribution in [0.4, 0.5) is 5.69 Å². The summed E-state index contributed by atoms with van der Waals surface area (Å²) in [6.07, 6.45) is 3.35. The lowest BCUT2D eigenvalue weighted by Gasteiger charge is -2.04. The van der Waals surface area contributed by atoms with Gasteiger partial charge in [-0.3, -0.25) is 4.79 Å². The van der Waals surface area contributed by atoms with Gasteiger partial charge in [-0.15, -0.1) is 0 Å². The summed E-state index contributed by atoms with van der Waals surface area (Å²) in [4.78, 5) is 14.5. The summed E-state index contributed by atoms with van der Waals surface area (Å²) < 4.78 is 5.30. The number of nitrogens with two attached hydrogens (primary N) is 1. The number of anilines is 1. The number of benzene rings is 1. The highest BCUT2D eigenvalue weighted by atomic mass is 16.5. The molecule has 0 radical (unpaired) electrons. The van der Waals surface area contributed by atoms with E-state index in [1.807, 2.05) is 30.3 Å². The normalized spacial score (nSPS) is 9.79. The summed E-state index contributed by atoms with van der Waals surface area (Å²) in [7, 11) is 3.09. The first-order valence-corrected chi connectivity index (χ1v) is 7.49. The minimum absolute atomic E-state index is 0.176. The Morgan fingerprint density at radius 1 is 1.29 bits per heavy atom. The van der Waals surface area contributed by atoms with Gasteiger partial charge in [-0.05, 0) is 18.7 Å². The molecule has 24 heavy (non-hydrogen) atoms. The zero-order chi connectivity index (χ0) is 17.4. The van der Waals surface area contributed by atoms with Gasteiger partial charge in [-0.2, -0.15) is 0 Å². The van der Waals surface area contributed by atoms with Crippen molar-refractivity contribution < 1.29 is 9.32 Å². The van der Waals surface area contributed by atoms with Crippen LogP contribution in [0.3, 0.4) is 0 Å². The van der Waals surface area contributed by atoms with Crippen LogP contribution in [0.5, 0.6) is 0 Å². The molecular weight excluding hydrogens is 306 g/mol. The lowest BCUT2D eigenvalue weighted by molar-refractivity contribution is 0.0959. The first-order valence-electron chi connectivity index (χ1n) is 7.49. The third-order valence-electron chi connectivity index (χ3n) is 3.31. The van der Waals surface area contributed by atoms with Gasteiger partial charge < -0.3 is 25.9 Å². The Labute approximate surface area is 140 Å². The lowest BCUT2D eigenvalue weighted by Crippen LogP contribution is -2.17. The molecule has 2 heterocycles. The van der Waals surface area contributed by atoms with E-state index in [1.54, 1.807) is 25.5 Å². The van der Waals surface area contributed by atoms with Gasteiger partial charge in [0.1, 0.15) is 11.4 Å². The highest BCUT2D eigenvalue weighted by Crippen LogP contribution is 2.28. The molecule has 0 aliphatic heterocycles. The quantitative estimate of drug-likeness (QED) is 0.574. The Hall–Kier alpha value is -3.06. The Balaban J connectivity index is 0.00000100. The molecule has 0 aliphatic rings. The molecule has 5 N–H and O–H groups in total. The van der Waals surface area contributed by atoms with Gasteiger partial charge in [0.2, 0.25) is 0 Å². The average Bonchev–Trinajstić information content (AvgIpc) is 3.31. The molecule has 3 rings (SSSR count). The topological polar surface area (TPSA) is 109 Å². The van der Waals surface area contributed by atoms with Crippen molar-refractivity contribution in [1.82, 2.24) is 15.5 Å². The van der Waals surface area contributed by atoms with Crippen molar-refractivity contribution in [1.29, 1.82) is 0 Å². The Morgan fingerprint density at radius 2 is 2.04 bits per heavy atom. The summed E-state index contributed by atoms with van der Waals surface area (Å²) in [5.41, 5.74) is 7.69. The van der Waals surface area contributed by atoms with E-state index >= 15 is 0 Å². The Kier molecular flexibility index (Phi) is 6.16. The van der Waals surface area contributed by atoms with E-state index in [-0.39, 0.29) is 5.91 Å². The fraction of sp³-hybridized carbons (Fsp3) is 0.176. The van der Waals surface area contributed by atoms with Crippen molar-refractivity contribution in [2.75, 3.05) is 19.4 Å². The molecular formula is C17H21N5O2. The van der Waals surface area contributed by atoms with Crippen molar-refractivity contribution in [3.8, 4) is 11.3 Å². The van der Waals surface area contributed by atoms with Gasteiger partial charge in [0, 0.05) is 25.4 Å². The number of carbonyl (C=O) groups is 1. The molecule has 1 amide bonds. The van der Waals surface area contributed by atoms with Crippen molar-refractivity contribution in [3.05, 3.63) is 60.0 Å². The van der Waals surface area contributed by atoms with Crippen LogP contribution in [0.15, 0.2) is 53.3 Å². The summed E-state index contributed by atoms with van der Waals surface area (Å²) in [5.74, 6) is 0.423. The van der Waals surface area contributed by atoms with Crippen LogP contribution >= 0.6 is 0 Å². The van der Waals surface area contributed by atoms with Crippen LogP contribution < -0.4 is 16.4 Å². The van der Waals surface area contributed by atoms with Crippen LogP contribution in [-0.2, 0) is 6.54 Å². The molecule has 0 spiro atoms. The summed E-state index contributed by atoms with van der Waals surface area (Å²) >= 11 is 0. The number of aromatic amines is 1. The van der Waals surface area contributed by atoms with Crippen molar-refractivity contribution in [3.63, 3.8) is 0 Å². The minimum atomic E-state index is -0.176. The van der Waals surface area contributed by atoms with E-state index in [9.17, 15) is 4.79 Å². The molecule has 0 bridgehead atoms. The van der Waals surface area contributed by atoms with Crippen LogP contribution in [0, 0.1) is 0 Å². The number of amides is 1. The molecule has 2 aromatic heterocycles. The molecule has 3 aromatic rings. The van der Waals surface area contributed by atoms with E-state index in [0.717, 1.165) is 16.8 Å². The minimum Gasteiger partial charge on any atom is -0.376 e. The molecule has 0 unspecified atom stereocenters. The third kappa shape index (κ3) is 4.02. The monoisotopic (exact) mass is 327 g/mol. The first-order chi connectivity index (χ1) is 11.8. The third-order valence-corrected chi connectivity index (χ3v) is 3.31. The van der Waals surface area contributed by atoms with Gasteiger partial charge in [-0.1, -0.05) is 35.5 Å². The van der Waals surface area contributed by atoms with Gasteiger partial charge in [0.25, 0.3) is 5.91 Å². The van der Waals surface area contributed by atoms with E-state index in [1.165, 1.54) is 7.05 Å². The van der Waals surface area contributed by atoms with Crippen LogP contribution in [-0.4, -0.2) is 30.1 Å². The van der Waals surface area contributed by atoms with Gasteiger partial charge in [0.15, 0.2) is 5.76 Å². The molecule has 126 valence electrons. The molecule has 0 fully saturated rings. The maximum Gasteiger partial charge on any atom is 0.267 e.